The predicted molar refractivity (Wildman–Crippen MR) is 56.4 cm³/mol. The first-order valence-electron chi connectivity index (χ1n) is 4.46. The highest BCUT2D eigenvalue weighted by Crippen LogP contribution is 2.32. The summed E-state index contributed by atoms with van der Waals surface area (Å²) in [5.41, 5.74) is 6.27. The van der Waals surface area contributed by atoms with Crippen LogP contribution in [0.2, 0.25) is 5.02 Å². The summed E-state index contributed by atoms with van der Waals surface area (Å²) in [6.45, 7) is 0. The lowest BCUT2D eigenvalue weighted by molar-refractivity contribution is -0.157. The number of nitrogens with two attached hydrogens (primary N) is 1. The molecule has 2 N–H and O–H groups in total. The molecule has 2 aromatic rings. The third-order valence-corrected chi connectivity index (χ3v) is 2.38. The molecule has 0 aliphatic rings. The largest absolute Gasteiger partial charge is 0.468 e. The lowest BCUT2D eigenvalue weighted by atomic mass is 10.1. The Labute approximate surface area is 99.0 Å². The third-order valence-electron chi connectivity index (χ3n) is 2.04. The molecule has 7 heteroatoms. The highest BCUT2D eigenvalue weighted by Gasteiger charge is 2.37. The zero-order valence-electron chi connectivity index (χ0n) is 8.25. The molecule has 0 atom stereocenters. The zero-order chi connectivity index (χ0) is 12.6. The smallest absolute Gasteiger partial charge is 0.441 e. The Bertz CT molecular complexity index is 551. The van der Waals surface area contributed by atoms with Crippen LogP contribution in [0.3, 0.4) is 0 Å². The van der Waals surface area contributed by atoms with Gasteiger partial charge in [0.2, 0.25) is 0 Å². The Morgan fingerprint density at radius 1 is 1.29 bits per heavy atom. The van der Waals surface area contributed by atoms with E-state index >= 15 is 0 Å². The van der Waals surface area contributed by atoms with Crippen LogP contribution in [-0.4, -0.2) is 4.98 Å². The van der Waals surface area contributed by atoms with E-state index in [9.17, 15) is 13.2 Å². The summed E-state index contributed by atoms with van der Waals surface area (Å²) in [6, 6.07) is 4.42. The maximum atomic E-state index is 12.3. The summed E-state index contributed by atoms with van der Waals surface area (Å²) in [6.07, 6.45) is -3.68. The van der Waals surface area contributed by atoms with E-state index in [1.807, 2.05) is 0 Å². The monoisotopic (exact) mass is 262 g/mol. The molecule has 0 fully saturated rings. The van der Waals surface area contributed by atoms with Gasteiger partial charge in [-0.3, -0.25) is 0 Å². The number of rotatable bonds is 1. The highest BCUT2D eigenvalue weighted by atomic mass is 35.5. The highest BCUT2D eigenvalue weighted by molar-refractivity contribution is 6.33. The van der Waals surface area contributed by atoms with Crippen molar-refractivity contribution in [3.63, 3.8) is 0 Å². The third kappa shape index (κ3) is 2.36. The van der Waals surface area contributed by atoms with Crippen molar-refractivity contribution in [3.8, 4) is 11.3 Å². The average Bonchev–Trinajstić information content (AvgIpc) is 2.70. The van der Waals surface area contributed by atoms with Crippen LogP contribution in [0.4, 0.5) is 18.9 Å². The van der Waals surface area contributed by atoms with Crippen LogP contribution in [-0.2, 0) is 6.18 Å². The lowest BCUT2D eigenvalue weighted by Gasteiger charge is -2.00. The Morgan fingerprint density at radius 3 is 2.53 bits per heavy atom. The van der Waals surface area contributed by atoms with Crippen molar-refractivity contribution in [3.05, 3.63) is 35.4 Å². The topological polar surface area (TPSA) is 52.0 Å². The standard InChI is InChI=1S/C10H6ClF3N2O/c11-6-2-1-5(3-7(6)15)8-4-17-9(16-8)10(12,13)14/h1-4H,15H2. The number of anilines is 1. The van der Waals surface area contributed by atoms with Gasteiger partial charge in [-0.25, -0.2) is 4.98 Å². The van der Waals surface area contributed by atoms with E-state index in [0.717, 1.165) is 6.26 Å². The van der Waals surface area contributed by atoms with Crippen molar-refractivity contribution in [2.75, 3.05) is 5.73 Å². The first-order valence-corrected chi connectivity index (χ1v) is 4.84. The van der Waals surface area contributed by atoms with E-state index in [2.05, 4.69) is 9.40 Å². The number of hydrogen-bond donors (Lipinski definition) is 1. The Kier molecular flexibility index (Phi) is 2.74. The first-order chi connectivity index (χ1) is 7.88. The van der Waals surface area contributed by atoms with E-state index in [0.29, 0.717) is 10.6 Å². The molecule has 0 spiro atoms. The van der Waals surface area contributed by atoms with E-state index in [-0.39, 0.29) is 11.4 Å². The van der Waals surface area contributed by atoms with Gasteiger partial charge in [0.1, 0.15) is 12.0 Å². The van der Waals surface area contributed by atoms with Crippen LogP contribution >= 0.6 is 11.6 Å². The molecule has 90 valence electrons. The second kappa shape index (κ2) is 3.96. The Balaban J connectivity index is 2.40. The van der Waals surface area contributed by atoms with Gasteiger partial charge in [-0.2, -0.15) is 13.2 Å². The van der Waals surface area contributed by atoms with Crippen LogP contribution < -0.4 is 5.73 Å². The number of hydrogen-bond acceptors (Lipinski definition) is 3. The molecular formula is C10H6ClF3N2O. The summed E-state index contributed by atoms with van der Waals surface area (Å²) in [7, 11) is 0. The molecule has 1 heterocycles. The van der Waals surface area contributed by atoms with Gasteiger partial charge in [-0.1, -0.05) is 17.7 Å². The SMILES string of the molecule is Nc1cc(-c2coc(C(F)(F)F)n2)ccc1Cl. The molecule has 0 radical (unpaired) electrons. The van der Waals surface area contributed by atoms with E-state index < -0.39 is 12.1 Å². The number of halogens is 4. The Hall–Kier alpha value is -1.69. The maximum absolute atomic E-state index is 12.3. The zero-order valence-corrected chi connectivity index (χ0v) is 9.01. The van der Waals surface area contributed by atoms with E-state index in [1.165, 1.54) is 18.2 Å². The summed E-state index contributed by atoms with van der Waals surface area (Å²) in [4.78, 5) is 3.33. The van der Waals surface area contributed by atoms with Gasteiger partial charge in [0, 0.05) is 5.56 Å². The number of nitrogens with zero attached hydrogens (tertiary/aromatic N) is 1. The van der Waals surface area contributed by atoms with Crippen LogP contribution in [0, 0.1) is 0 Å². The fourth-order valence-electron chi connectivity index (χ4n) is 1.24. The molecule has 1 aromatic carbocycles. The lowest BCUT2D eigenvalue weighted by Crippen LogP contribution is -2.04. The van der Waals surface area contributed by atoms with Crippen molar-refractivity contribution in [1.29, 1.82) is 0 Å². The van der Waals surface area contributed by atoms with Gasteiger partial charge in [0.25, 0.3) is 0 Å². The number of aromatic nitrogens is 1. The molecule has 0 bridgehead atoms. The second-order valence-corrected chi connectivity index (χ2v) is 3.68. The molecule has 1 aromatic heterocycles. The maximum Gasteiger partial charge on any atom is 0.468 e. The molecule has 0 aliphatic carbocycles. The fourth-order valence-corrected chi connectivity index (χ4v) is 1.36. The molecule has 0 saturated heterocycles. The van der Waals surface area contributed by atoms with Crippen molar-refractivity contribution < 1.29 is 17.6 Å². The number of alkyl halides is 3. The normalized spacial score (nSPS) is 11.8. The van der Waals surface area contributed by atoms with Crippen LogP contribution in [0.15, 0.2) is 28.9 Å². The molecule has 17 heavy (non-hydrogen) atoms. The fraction of sp³-hybridized carbons (Fsp3) is 0.100. The molecule has 0 aliphatic heterocycles. The van der Waals surface area contributed by atoms with Gasteiger partial charge in [0.15, 0.2) is 0 Å². The summed E-state index contributed by atoms with van der Waals surface area (Å²) in [5, 5.41) is 0.327. The Morgan fingerprint density at radius 2 is 2.00 bits per heavy atom. The van der Waals surface area contributed by atoms with Gasteiger partial charge in [-0.15, -0.1) is 0 Å². The predicted octanol–water partition coefficient (Wildman–Crippen LogP) is 3.60. The number of benzene rings is 1. The summed E-state index contributed by atoms with van der Waals surface area (Å²) in [5.74, 6) is -1.29. The minimum atomic E-state index is -4.60. The average molecular weight is 263 g/mol. The van der Waals surface area contributed by atoms with Crippen LogP contribution in [0.25, 0.3) is 11.3 Å². The summed E-state index contributed by atoms with van der Waals surface area (Å²) < 4.78 is 41.1. The summed E-state index contributed by atoms with van der Waals surface area (Å²) >= 11 is 5.70. The van der Waals surface area contributed by atoms with E-state index in [4.69, 9.17) is 17.3 Å². The van der Waals surface area contributed by atoms with Gasteiger partial charge < -0.3 is 10.2 Å². The number of nitrogen functional groups attached to an aromatic ring is 1. The molecule has 0 saturated carbocycles. The quantitative estimate of drug-likeness (QED) is 0.799. The molecule has 2 rings (SSSR count). The first kappa shape index (κ1) is 11.8. The van der Waals surface area contributed by atoms with Crippen LogP contribution in [0.5, 0.6) is 0 Å². The molecular weight excluding hydrogens is 257 g/mol. The van der Waals surface area contributed by atoms with Crippen LogP contribution in [0.1, 0.15) is 5.89 Å². The van der Waals surface area contributed by atoms with Gasteiger partial charge in [-0.05, 0) is 12.1 Å². The minimum Gasteiger partial charge on any atom is -0.441 e. The van der Waals surface area contributed by atoms with Crippen molar-refractivity contribution in [2.24, 2.45) is 0 Å². The van der Waals surface area contributed by atoms with E-state index in [1.54, 1.807) is 0 Å². The second-order valence-electron chi connectivity index (χ2n) is 3.27. The number of oxazole rings is 1. The van der Waals surface area contributed by atoms with Crippen molar-refractivity contribution in [2.45, 2.75) is 6.18 Å². The van der Waals surface area contributed by atoms with Crippen molar-refractivity contribution >= 4 is 17.3 Å². The molecule has 0 amide bonds. The van der Waals surface area contributed by atoms with Gasteiger partial charge in [0.05, 0.1) is 10.7 Å². The molecule has 3 nitrogen and oxygen atoms in total. The van der Waals surface area contributed by atoms with Crippen molar-refractivity contribution in [1.82, 2.24) is 4.98 Å². The minimum absolute atomic E-state index is 0.0562. The van der Waals surface area contributed by atoms with Gasteiger partial charge >= 0.3 is 12.1 Å². The molecule has 0 unspecified atom stereocenters.